The molecule has 5 nitrogen and oxygen atoms in total. The van der Waals surface area contributed by atoms with Crippen LogP contribution in [0.15, 0.2) is 36.4 Å². The molecule has 0 radical (unpaired) electrons. The van der Waals surface area contributed by atoms with Crippen molar-refractivity contribution in [3.8, 4) is 0 Å². The van der Waals surface area contributed by atoms with Crippen LogP contribution in [0, 0.1) is 13.8 Å². The van der Waals surface area contributed by atoms with E-state index < -0.39 is 17.1 Å². The van der Waals surface area contributed by atoms with Gasteiger partial charge in [-0.2, -0.15) is 0 Å². The van der Waals surface area contributed by atoms with Crippen LogP contribution in [-0.4, -0.2) is 33.2 Å². The van der Waals surface area contributed by atoms with E-state index in [4.69, 9.17) is 0 Å². The summed E-state index contributed by atoms with van der Waals surface area (Å²) >= 11 is 0. The summed E-state index contributed by atoms with van der Waals surface area (Å²) in [5, 5.41) is 23.0. The predicted molar refractivity (Wildman–Crippen MR) is 149 cm³/mol. The normalized spacial score (nSPS) is 15.9. The van der Waals surface area contributed by atoms with E-state index in [1.165, 1.54) is 37.0 Å². The van der Waals surface area contributed by atoms with Crippen LogP contribution >= 0.6 is 0 Å². The third-order valence-corrected chi connectivity index (χ3v) is 8.73. The molecule has 5 heteroatoms. The molecular weight excluding hydrogens is 462 g/mol. The van der Waals surface area contributed by atoms with Gasteiger partial charge < -0.3 is 15.5 Å². The van der Waals surface area contributed by atoms with E-state index in [-0.39, 0.29) is 11.3 Å². The number of nitrogens with one attached hydrogen (secondary N) is 1. The average Bonchev–Trinajstić information content (AvgIpc) is 2.84. The minimum absolute atomic E-state index is 0.190. The number of hydrogen-bond donors (Lipinski definition) is 3. The SMILES string of the molecule is CCC(CC)(c1ccc(CCC2(O)CCCCC2)c(C)c1)c1ccc(C(=O)NC(C)(C)C(=O)O)c(C)c1. The number of carbonyl (C=O) groups is 2. The molecule has 1 amide bonds. The molecule has 1 aliphatic rings. The van der Waals surface area contributed by atoms with Crippen LogP contribution in [-0.2, 0) is 16.6 Å². The Hall–Kier alpha value is -2.66. The number of aliphatic hydroxyl groups is 1. The maximum atomic E-state index is 12.8. The Morgan fingerprint density at radius 3 is 2.00 bits per heavy atom. The van der Waals surface area contributed by atoms with E-state index in [0.717, 1.165) is 62.5 Å². The molecule has 0 atom stereocenters. The second kappa shape index (κ2) is 11.4. The fourth-order valence-electron chi connectivity index (χ4n) is 5.96. The largest absolute Gasteiger partial charge is 0.480 e. The van der Waals surface area contributed by atoms with Gasteiger partial charge in [-0.05, 0) is 100 Å². The monoisotopic (exact) mass is 507 g/mol. The third kappa shape index (κ3) is 6.26. The van der Waals surface area contributed by atoms with Crippen LogP contribution in [0.5, 0.6) is 0 Å². The van der Waals surface area contributed by atoms with E-state index in [1.807, 2.05) is 19.1 Å². The number of aliphatic carboxylic acids is 1. The molecule has 2 aromatic rings. The van der Waals surface area contributed by atoms with E-state index in [9.17, 15) is 19.8 Å². The topological polar surface area (TPSA) is 86.6 Å². The zero-order valence-electron chi connectivity index (χ0n) is 23.5. The molecule has 0 aromatic heterocycles. The van der Waals surface area contributed by atoms with Crippen LogP contribution in [0.3, 0.4) is 0 Å². The summed E-state index contributed by atoms with van der Waals surface area (Å²) in [6.45, 7) is 11.5. The van der Waals surface area contributed by atoms with E-state index in [0.29, 0.717) is 5.56 Å². The molecule has 0 bridgehead atoms. The molecule has 3 N–H and O–H groups in total. The number of carboxylic acid groups (broad SMARTS) is 1. The first-order valence-corrected chi connectivity index (χ1v) is 13.9. The average molecular weight is 508 g/mol. The second-order valence-electron chi connectivity index (χ2n) is 11.6. The molecule has 0 unspecified atom stereocenters. The fourth-order valence-corrected chi connectivity index (χ4v) is 5.96. The molecular formula is C32H45NO4. The molecule has 0 spiro atoms. The maximum absolute atomic E-state index is 12.8. The summed E-state index contributed by atoms with van der Waals surface area (Å²) in [4.78, 5) is 24.3. The van der Waals surface area contributed by atoms with Crippen molar-refractivity contribution in [3.05, 3.63) is 69.8 Å². The molecule has 3 rings (SSSR count). The Kier molecular flexibility index (Phi) is 8.89. The van der Waals surface area contributed by atoms with Crippen molar-refractivity contribution in [3.63, 3.8) is 0 Å². The second-order valence-corrected chi connectivity index (χ2v) is 11.6. The van der Waals surface area contributed by atoms with Gasteiger partial charge in [0.1, 0.15) is 5.54 Å². The summed E-state index contributed by atoms with van der Waals surface area (Å²) in [7, 11) is 0. The van der Waals surface area contributed by atoms with E-state index in [2.05, 4.69) is 50.4 Å². The van der Waals surface area contributed by atoms with Gasteiger partial charge in [0.05, 0.1) is 5.60 Å². The molecule has 0 aliphatic heterocycles. The molecule has 1 fully saturated rings. The zero-order chi connectivity index (χ0) is 27.4. The predicted octanol–water partition coefficient (Wildman–Crippen LogP) is 6.63. The fraction of sp³-hybridized carbons (Fsp3) is 0.562. The summed E-state index contributed by atoms with van der Waals surface area (Å²) in [6.07, 6.45) is 8.86. The summed E-state index contributed by atoms with van der Waals surface area (Å²) in [5.41, 5.74) is 4.26. The van der Waals surface area contributed by atoms with Gasteiger partial charge >= 0.3 is 5.97 Å². The van der Waals surface area contributed by atoms with Crippen molar-refractivity contribution in [2.24, 2.45) is 0 Å². The lowest BCUT2D eigenvalue weighted by Gasteiger charge is -2.35. The third-order valence-electron chi connectivity index (χ3n) is 8.73. The molecule has 202 valence electrons. The number of hydrogen-bond acceptors (Lipinski definition) is 3. The number of amides is 1. The van der Waals surface area contributed by atoms with E-state index in [1.54, 1.807) is 0 Å². The van der Waals surface area contributed by atoms with Crippen LogP contribution in [0.25, 0.3) is 0 Å². The van der Waals surface area contributed by atoms with Crippen molar-refractivity contribution in [1.29, 1.82) is 0 Å². The van der Waals surface area contributed by atoms with Crippen molar-refractivity contribution in [1.82, 2.24) is 5.32 Å². The summed E-state index contributed by atoms with van der Waals surface area (Å²) in [6, 6.07) is 12.7. The Morgan fingerprint density at radius 1 is 0.919 bits per heavy atom. The molecule has 37 heavy (non-hydrogen) atoms. The van der Waals surface area contributed by atoms with Crippen LogP contribution < -0.4 is 5.32 Å². The zero-order valence-corrected chi connectivity index (χ0v) is 23.5. The van der Waals surface area contributed by atoms with Crippen LogP contribution in [0.1, 0.15) is 117 Å². The van der Waals surface area contributed by atoms with E-state index >= 15 is 0 Å². The first-order valence-electron chi connectivity index (χ1n) is 13.9. The van der Waals surface area contributed by atoms with Gasteiger partial charge in [-0.15, -0.1) is 0 Å². The minimum atomic E-state index is -1.34. The Labute approximate surface area is 222 Å². The van der Waals surface area contributed by atoms with Gasteiger partial charge in [-0.1, -0.05) is 63.4 Å². The van der Waals surface area contributed by atoms with Crippen molar-refractivity contribution in [2.75, 3.05) is 0 Å². The van der Waals surface area contributed by atoms with Crippen molar-refractivity contribution >= 4 is 11.9 Å². The Balaban J connectivity index is 1.87. The standard InChI is InChI=1S/C32H45NO4/c1-7-32(8-2,26-14-15-27(23(4)21-26)28(34)33-30(5,6)29(35)36)25-13-12-24(22(3)20-25)16-19-31(37)17-10-9-11-18-31/h12-15,20-21,37H,7-11,16-19H2,1-6H3,(H,33,34)(H,35,36). The molecule has 2 aromatic carbocycles. The summed E-state index contributed by atoms with van der Waals surface area (Å²) in [5.74, 6) is -1.45. The van der Waals surface area contributed by atoms with Crippen LogP contribution in [0.4, 0.5) is 0 Å². The number of carbonyl (C=O) groups excluding carboxylic acids is 1. The molecule has 0 saturated heterocycles. The lowest BCUT2D eigenvalue weighted by molar-refractivity contribution is -0.143. The van der Waals surface area contributed by atoms with Gasteiger partial charge in [0.25, 0.3) is 5.91 Å². The van der Waals surface area contributed by atoms with Gasteiger partial charge in [0.2, 0.25) is 0 Å². The number of carboxylic acids is 1. The molecule has 1 saturated carbocycles. The Bertz CT molecular complexity index is 1120. The number of rotatable bonds is 10. The highest BCUT2D eigenvalue weighted by Crippen LogP contribution is 2.40. The van der Waals surface area contributed by atoms with Crippen molar-refractivity contribution in [2.45, 2.75) is 116 Å². The van der Waals surface area contributed by atoms with Gasteiger partial charge in [0.15, 0.2) is 0 Å². The van der Waals surface area contributed by atoms with Gasteiger partial charge in [-0.3, -0.25) is 4.79 Å². The Morgan fingerprint density at radius 2 is 1.49 bits per heavy atom. The minimum Gasteiger partial charge on any atom is -0.480 e. The molecule has 0 heterocycles. The smallest absolute Gasteiger partial charge is 0.328 e. The number of aryl methyl sites for hydroxylation is 3. The first kappa shape index (κ1) is 28.9. The molecule has 1 aliphatic carbocycles. The van der Waals surface area contributed by atoms with Crippen LogP contribution in [0.2, 0.25) is 0 Å². The highest BCUT2D eigenvalue weighted by Gasteiger charge is 2.34. The lowest BCUT2D eigenvalue weighted by Crippen LogP contribution is -2.49. The number of benzene rings is 2. The van der Waals surface area contributed by atoms with Gasteiger partial charge in [-0.25, -0.2) is 4.79 Å². The van der Waals surface area contributed by atoms with Crippen molar-refractivity contribution < 1.29 is 19.8 Å². The van der Waals surface area contributed by atoms with Gasteiger partial charge in [0, 0.05) is 11.0 Å². The quantitative estimate of drug-likeness (QED) is 0.337. The lowest BCUT2D eigenvalue weighted by atomic mass is 9.69. The first-order chi connectivity index (χ1) is 17.4. The maximum Gasteiger partial charge on any atom is 0.328 e. The highest BCUT2D eigenvalue weighted by molar-refractivity contribution is 5.98. The summed E-state index contributed by atoms with van der Waals surface area (Å²) < 4.78 is 0. The highest BCUT2D eigenvalue weighted by atomic mass is 16.4.